The highest BCUT2D eigenvalue weighted by Crippen LogP contribution is 2.03. The van der Waals surface area contributed by atoms with Gasteiger partial charge >= 0.3 is 5.97 Å². The summed E-state index contributed by atoms with van der Waals surface area (Å²) in [4.78, 5) is 69.8. The Morgan fingerprint density at radius 3 is 1.77 bits per heavy atom. The molecule has 0 aromatic rings. The molecular weight excluding hydrogens is 404 g/mol. The standard InChI is InChI=1S/C16H28N6O8/c1-6(17)13(26)20-8(3-4-10(18)24)14(27)22-12(7(2)23)15(28)21-9(16(29)30)5-11(19)25/h6-9,12,23H,3-5,17H2,1-2H3,(H2,18,24)(H2,19,25)(H,20,26)(H,21,28)(H,22,27)(H,29,30). The van der Waals surface area contributed by atoms with Gasteiger partial charge in [0.1, 0.15) is 18.1 Å². The molecule has 0 bridgehead atoms. The quantitative estimate of drug-likeness (QED) is 0.139. The van der Waals surface area contributed by atoms with Gasteiger partial charge in [0.05, 0.1) is 18.6 Å². The van der Waals surface area contributed by atoms with E-state index in [1.54, 1.807) is 0 Å². The molecule has 14 nitrogen and oxygen atoms in total. The van der Waals surface area contributed by atoms with Crippen LogP contribution in [0.5, 0.6) is 0 Å². The molecule has 0 aliphatic rings. The Morgan fingerprint density at radius 1 is 0.833 bits per heavy atom. The first-order valence-corrected chi connectivity index (χ1v) is 8.90. The lowest BCUT2D eigenvalue weighted by atomic mass is 10.1. The van der Waals surface area contributed by atoms with Gasteiger partial charge in [0.15, 0.2) is 0 Å². The molecule has 0 saturated carbocycles. The smallest absolute Gasteiger partial charge is 0.326 e. The van der Waals surface area contributed by atoms with Crippen molar-refractivity contribution in [3.8, 4) is 0 Å². The summed E-state index contributed by atoms with van der Waals surface area (Å²) in [6.45, 7) is 2.50. The second-order valence-corrected chi connectivity index (χ2v) is 6.65. The number of hydrogen-bond donors (Lipinski definition) is 8. The second-order valence-electron chi connectivity index (χ2n) is 6.65. The van der Waals surface area contributed by atoms with Crippen LogP contribution >= 0.6 is 0 Å². The van der Waals surface area contributed by atoms with E-state index in [9.17, 15) is 33.9 Å². The van der Waals surface area contributed by atoms with Crippen molar-refractivity contribution in [3.05, 3.63) is 0 Å². The number of carboxylic acid groups (broad SMARTS) is 1. The molecular formula is C16H28N6O8. The molecule has 0 heterocycles. The third-order valence-corrected chi connectivity index (χ3v) is 3.81. The molecule has 14 heteroatoms. The lowest BCUT2D eigenvalue weighted by molar-refractivity contribution is -0.144. The highest BCUT2D eigenvalue weighted by Gasteiger charge is 2.33. The molecule has 0 rings (SSSR count). The van der Waals surface area contributed by atoms with Gasteiger partial charge in [-0.25, -0.2) is 4.79 Å². The number of carboxylic acids is 1. The van der Waals surface area contributed by atoms with Gasteiger partial charge in [-0.15, -0.1) is 0 Å². The number of aliphatic carboxylic acids is 1. The van der Waals surface area contributed by atoms with Crippen molar-refractivity contribution >= 4 is 35.5 Å². The summed E-state index contributed by atoms with van der Waals surface area (Å²) in [5.41, 5.74) is 15.4. The predicted octanol–water partition coefficient (Wildman–Crippen LogP) is -4.61. The molecule has 170 valence electrons. The van der Waals surface area contributed by atoms with Crippen molar-refractivity contribution in [2.75, 3.05) is 0 Å². The summed E-state index contributed by atoms with van der Waals surface area (Å²) in [6.07, 6.45) is -2.69. The first-order chi connectivity index (χ1) is 13.8. The number of amides is 5. The first-order valence-electron chi connectivity index (χ1n) is 8.90. The van der Waals surface area contributed by atoms with Crippen LogP contribution in [-0.2, 0) is 28.8 Å². The lowest BCUT2D eigenvalue weighted by Crippen LogP contribution is -2.60. The molecule has 0 spiro atoms. The van der Waals surface area contributed by atoms with Crippen LogP contribution in [0.3, 0.4) is 0 Å². The molecule has 30 heavy (non-hydrogen) atoms. The number of primary amides is 2. The fourth-order valence-corrected chi connectivity index (χ4v) is 2.18. The van der Waals surface area contributed by atoms with Gasteiger partial charge in [0.2, 0.25) is 29.5 Å². The Kier molecular flexibility index (Phi) is 11.0. The Hall–Kier alpha value is -3.26. The third-order valence-electron chi connectivity index (χ3n) is 3.81. The molecule has 0 aliphatic carbocycles. The zero-order valence-electron chi connectivity index (χ0n) is 16.6. The van der Waals surface area contributed by atoms with Gasteiger partial charge in [-0.1, -0.05) is 0 Å². The summed E-state index contributed by atoms with van der Waals surface area (Å²) >= 11 is 0. The maximum atomic E-state index is 12.5. The maximum Gasteiger partial charge on any atom is 0.326 e. The Morgan fingerprint density at radius 2 is 1.37 bits per heavy atom. The van der Waals surface area contributed by atoms with Gasteiger partial charge < -0.3 is 43.4 Å². The number of carbonyl (C=O) groups is 6. The number of aliphatic hydroxyl groups is 1. The van der Waals surface area contributed by atoms with E-state index in [2.05, 4.69) is 10.6 Å². The largest absolute Gasteiger partial charge is 0.480 e. The zero-order chi connectivity index (χ0) is 23.6. The molecule has 0 radical (unpaired) electrons. The average Bonchev–Trinajstić information content (AvgIpc) is 2.60. The van der Waals surface area contributed by atoms with Crippen LogP contribution in [0.2, 0.25) is 0 Å². The fraction of sp³-hybridized carbons (Fsp3) is 0.625. The van der Waals surface area contributed by atoms with Gasteiger partial charge in [-0.2, -0.15) is 0 Å². The molecule has 0 aromatic carbocycles. The highest BCUT2D eigenvalue weighted by molar-refractivity contribution is 5.95. The van der Waals surface area contributed by atoms with E-state index in [-0.39, 0.29) is 12.8 Å². The third kappa shape index (κ3) is 9.79. The molecule has 0 saturated heterocycles. The van der Waals surface area contributed by atoms with Crippen LogP contribution in [0.4, 0.5) is 0 Å². The van der Waals surface area contributed by atoms with Crippen LogP contribution in [0, 0.1) is 0 Å². The van der Waals surface area contributed by atoms with Crippen LogP contribution in [0.25, 0.3) is 0 Å². The average molecular weight is 432 g/mol. The molecule has 0 aromatic heterocycles. The highest BCUT2D eigenvalue weighted by atomic mass is 16.4. The predicted molar refractivity (Wildman–Crippen MR) is 101 cm³/mol. The van der Waals surface area contributed by atoms with Crippen LogP contribution < -0.4 is 33.2 Å². The summed E-state index contributed by atoms with van der Waals surface area (Å²) in [7, 11) is 0. The van der Waals surface area contributed by atoms with E-state index in [1.807, 2.05) is 5.32 Å². The first kappa shape index (κ1) is 26.7. The van der Waals surface area contributed by atoms with Crippen molar-refractivity contribution < 1.29 is 39.0 Å². The van der Waals surface area contributed by atoms with Gasteiger partial charge in [-0.05, 0) is 20.3 Å². The molecule has 5 atom stereocenters. The van der Waals surface area contributed by atoms with E-state index in [1.165, 1.54) is 6.92 Å². The van der Waals surface area contributed by atoms with Crippen LogP contribution in [-0.4, -0.2) is 76.0 Å². The van der Waals surface area contributed by atoms with E-state index < -0.39 is 72.2 Å². The van der Waals surface area contributed by atoms with E-state index in [4.69, 9.17) is 22.3 Å². The van der Waals surface area contributed by atoms with Crippen molar-refractivity contribution in [1.82, 2.24) is 16.0 Å². The minimum atomic E-state index is -1.68. The Labute approximate surface area is 171 Å². The normalized spacial score (nSPS) is 15.6. The van der Waals surface area contributed by atoms with E-state index in [0.717, 1.165) is 6.92 Å². The fourth-order valence-electron chi connectivity index (χ4n) is 2.18. The maximum absolute atomic E-state index is 12.5. The van der Waals surface area contributed by atoms with Crippen molar-refractivity contribution in [1.29, 1.82) is 0 Å². The van der Waals surface area contributed by atoms with Crippen molar-refractivity contribution in [2.24, 2.45) is 17.2 Å². The monoisotopic (exact) mass is 432 g/mol. The zero-order valence-corrected chi connectivity index (χ0v) is 16.6. The number of carbonyl (C=O) groups excluding carboxylic acids is 5. The number of aliphatic hydroxyl groups excluding tert-OH is 1. The molecule has 5 unspecified atom stereocenters. The minimum absolute atomic E-state index is 0.215. The minimum Gasteiger partial charge on any atom is -0.480 e. The summed E-state index contributed by atoms with van der Waals surface area (Å²) in [5, 5.41) is 25.3. The summed E-state index contributed by atoms with van der Waals surface area (Å²) < 4.78 is 0. The van der Waals surface area contributed by atoms with Gasteiger partial charge in [-0.3, -0.25) is 24.0 Å². The second kappa shape index (κ2) is 12.3. The van der Waals surface area contributed by atoms with Crippen LogP contribution in [0.15, 0.2) is 0 Å². The molecule has 5 amide bonds. The SMILES string of the molecule is CC(N)C(=O)NC(CCC(N)=O)C(=O)NC(C(=O)NC(CC(N)=O)C(=O)O)C(C)O. The summed E-state index contributed by atoms with van der Waals surface area (Å²) in [6, 6.07) is -5.62. The van der Waals surface area contributed by atoms with Crippen molar-refractivity contribution in [3.63, 3.8) is 0 Å². The molecule has 0 fully saturated rings. The summed E-state index contributed by atoms with van der Waals surface area (Å²) in [5.74, 6) is -6.08. The Bertz CT molecular complexity index is 681. The number of hydrogen-bond acceptors (Lipinski definition) is 8. The van der Waals surface area contributed by atoms with Gasteiger partial charge in [0.25, 0.3) is 0 Å². The van der Waals surface area contributed by atoms with E-state index >= 15 is 0 Å². The topological polar surface area (TPSA) is 257 Å². The number of rotatable bonds is 13. The Balaban J connectivity index is 5.40. The van der Waals surface area contributed by atoms with E-state index in [0.29, 0.717) is 0 Å². The molecule has 11 N–H and O–H groups in total. The number of nitrogens with one attached hydrogen (secondary N) is 3. The van der Waals surface area contributed by atoms with Crippen LogP contribution in [0.1, 0.15) is 33.1 Å². The van der Waals surface area contributed by atoms with Gasteiger partial charge in [0, 0.05) is 6.42 Å². The number of nitrogens with two attached hydrogens (primary N) is 3. The molecule has 0 aliphatic heterocycles. The lowest BCUT2D eigenvalue weighted by Gasteiger charge is -2.26. The van der Waals surface area contributed by atoms with Crippen molar-refractivity contribution in [2.45, 2.75) is 63.4 Å².